The number of hydrogen-bond acceptors (Lipinski definition) is 2. The predicted octanol–water partition coefficient (Wildman–Crippen LogP) is 15.3. The number of fused-ring (bicyclic) bond motifs is 11. The van der Waals surface area contributed by atoms with Crippen molar-refractivity contribution in [3.8, 4) is 16.8 Å². The summed E-state index contributed by atoms with van der Waals surface area (Å²) in [5.41, 5.74) is 10.9. The van der Waals surface area contributed by atoms with Crippen molar-refractivity contribution < 1.29 is 4.42 Å². The van der Waals surface area contributed by atoms with Gasteiger partial charge in [-0.25, -0.2) is 0 Å². The van der Waals surface area contributed by atoms with E-state index >= 15 is 0 Å². The number of hydrogen-bond donors (Lipinski definition) is 0. The van der Waals surface area contributed by atoms with Gasteiger partial charge in [0.2, 0.25) is 0 Å². The van der Waals surface area contributed by atoms with E-state index in [9.17, 15) is 0 Å². The van der Waals surface area contributed by atoms with Gasteiger partial charge in [0.25, 0.3) is 0 Å². The largest absolute Gasteiger partial charge is 0.456 e. The summed E-state index contributed by atoms with van der Waals surface area (Å²) in [5.74, 6) is 0. The van der Waals surface area contributed by atoms with Gasteiger partial charge >= 0.3 is 0 Å². The van der Waals surface area contributed by atoms with Gasteiger partial charge in [0.1, 0.15) is 11.2 Å². The highest BCUT2D eigenvalue weighted by molar-refractivity contribution is 6.20. The van der Waals surface area contributed by atoms with Crippen molar-refractivity contribution in [2.75, 3.05) is 4.90 Å². The van der Waals surface area contributed by atoms with Crippen molar-refractivity contribution in [1.29, 1.82) is 0 Å². The Morgan fingerprint density at radius 2 is 0.982 bits per heavy atom. The molecule has 0 aliphatic rings. The summed E-state index contributed by atoms with van der Waals surface area (Å²) in [6, 6.07) is 74.7. The minimum atomic E-state index is 0.900. The summed E-state index contributed by atoms with van der Waals surface area (Å²) in [4.78, 5) is 2.44. The molecule has 2 aromatic heterocycles. The standard InChI is InChI=1S/C54H34N2O/c1-2-14-38(15-3-1)56-51-21-8-6-18-45(51)48-34-40(26-30-52(48)56)55(50-22-11-20-42-44-27-24-35-12-4-5-17-41(35)43(44)28-29-46(42)50)39-16-10-13-36(32-39)37-25-31-54-49(33-37)47-19-7-9-23-53(47)57-54/h1-34H. The lowest BCUT2D eigenvalue weighted by Crippen LogP contribution is -2.10. The van der Waals surface area contributed by atoms with Crippen LogP contribution >= 0.6 is 0 Å². The molecule has 57 heavy (non-hydrogen) atoms. The predicted molar refractivity (Wildman–Crippen MR) is 241 cm³/mol. The zero-order valence-corrected chi connectivity index (χ0v) is 30.9. The van der Waals surface area contributed by atoms with Crippen molar-refractivity contribution in [2.24, 2.45) is 0 Å². The summed E-state index contributed by atoms with van der Waals surface area (Å²) in [6.07, 6.45) is 0. The van der Waals surface area contributed by atoms with E-state index in [0.29, 0.717) is 0 Å². The first-order valence-corrected chi connectivity index (χ1v) is 19.5. The minimum Gasteiger partial charge on any atom is -0.456 e. The molecule has 0 fully saturated rings. The fourth-order valence-electron chi connectivity index (χ4n) is 9.15. The van der Waals surface area contributed by atoms with Crippen LogP contribution in [0.15, 0.2) is 211 Å². The molecule has 0 N–H and O–H groups in total. The van der Waals surface area contributed by atoms with Crippen molar-refractivity contribution in [2.45, 2.75) is 0 Å². The summed E-state index contributed by atoms with van der Waals surface area (Å²) in [7, 11) is 0. The Balaban J connectivity index is 1.10. The monoisotopic (exact) mass is 726 g/mol. The smallest absolute Gasteiger partial charge is 0.135 e. The number of benzene rings is 10. The molecule has 12 aromatic rings. The quantitative estimate of drug-likeness (QED) is 0.165. The van der Waals surface area contributed by atoms with Gasteiger partial charge in [-0.15, -0.1) is 0 Å². The molecular weight excluding hydrogens is 693 g/mol. The number of para-hydroxylation sites is 3. The second-order valence-corrected chi connectivity index (χ2v) is 14.9. The van der Waals surface area contributed by atoms with Crippen LogP contribution in [0.3, 0.4) is 0 Å². The minimum absolute atomic E-state index is 0.900. The molecule has 12 rings (SSSR count). The first kappa shape index (κ1) is 31.7. The summed E-state index contributed by atoms with van der Waals surface area (Å²) in [6.45, 7) is 0. The third-order valence-electron chi connectivity index (χ3n) is 11.7. The normalized spacial score (nSPS) is 11.9. The van der Waals surface area contributed by atoms with E-state index in [1.54, 1.807) is 0 Å². The van der Waals surface area contributed by atoms with Crippen molar-refractivity contribution >= 4 is 93.1 Å². The van der Waals surface area contributed by atoms with Crippen LogP contribution in [0.25, 0.3) is 92.9 Å². The van der Waals surface area contributed by atoms with Crippen molar-refractivity contribution in [3.05, 3.63) is 206 Å². The van der Waals surface area contributed by atoms with Gasteiger partial charge in [-0.3, -0.25) is 0 Å². The van der Waals surface area contributed by atoms with Gasteiger partial charge in [0, 0.05) is 44.0 Å². The van der Waals surface area contributed by atoms with Gasteiger partial charge in [0.05, 0.1) is 16.7 Å². The molecule has 0 unspecified atom stereocenters. The summed E-state index contributed by atoms with van der Waals surface area (Å²) >= 11 is 0. The maximum Gasteiger partial charge on any atom is 0.135 e. The first-order chi connectivity index (χ1) is 28.3. The molecular formula is C54H34N2O. The van der Waals surface area contributed by atoms with E-state index in [1.165, 1.54) is 54.1 Å². The molecule has 0 aliphatic heterocycles. The highest BCUT2D eigenvalue weighted by Crippen LogP contribution is 2.45. The van der Waals surface area contributed by atoms with Crippen LogP contribution in [-0.4, -0.2) is 4.57 Å². The molecule has 0 aliphatic carbocycles. The van der Waals surface area contributed by atoms with Gasteiger partial charge in [-0.2, -0.15) is 0 Å². The Labute approximate surface area is 328 Å². The maximum absolute atomic E-state index is 6.20. The molecule has 266 valence electrons. The fourth-order valence-corrected chi connectivity index (χ4v) is 9.15. The van der Waals surface area contributed by atoms with E-state index in [4.69, 9.17) is 4.42 Å². The first-order valence-electron chi connectivity index (χ1n) is 19.5. The second kappa shape index (κ2) is 12.5. The van der Waals surface area contributed by atoms with Crippen LogP contribution in [0, 0.1) is 0 Å². The zero-order valence-electron chi connectivity index (χ0n) is 30.9. The zero-order chi connectivity index (χ0) is 37.5. The number of anilines is 3. The van der Waals surface area contributed by atoms with Crippen LogP contribution in [-0.2, 0) is 0 Å². The number of rotatable bonds is 5. The highest BCUT2D eigenvalue weighted by atomic mass is 16.3. The molecule has 2 heterocycles. The van der Waals surface area contributed by atoms with Crippen LogP contribution in [0.5, 0.6) is 0 Å². The van der Waals surface area contributed by atoms with Crippen molar-refractivity contribution in [1.82, 2.24) is 4.57 Å². The van der Waals surface area contributed by atoms with E-state index in [0.717, 1.165) is 55.8 Å². The molecule has 10 aromatic carbocycles. The maximum atomic E-state index is 6.20. The molecule has 0 radical (unpaired) electrons. The molecule has 0 saturated heterocycles. The highest BCUT2D eigenvalue weighted by Gasteiger charge is 2.20. The Hall–Kier alpha value is -7.62. The Kier molecular flexibility index (Phi) is 6.93. The third kappa shape index (κ3) is 4.92. The average Bonchev–Trinajstić information content (AvgIpc) is 3.82. The molecule has 0 saturated carbocycles. The fraction of sp³-hybridized carbons (Fsp3) is 0. The summed E-state index contributed by atoms with van der Waals surface area (Å²) < 4.78 is 8.58. The van der Waals surface area contributed by atoms with Crippen molar-refractivity contribution in [3.63, 3.8) is 0 Å². The van der Waals surface area contributed by atoms with Gasteiger partial charge in [0.15, 0.2) is 0 Å². The van der Waals surface area contributed by atoms with Crippen LogP contribution < -0.4 is 4.90 Å². The average molecular weight is 727 g/mol. The van der Waals surface area contributed by atoms with E-state index in [1.807, 2.05) is 12.1 Å². The molecule has 0 bridgehead atoms. The molecule has 3 nitrogen and oxygen atoms in total. The Morgan fingerprint density at radius 1 is 0.333 bits per heavy atom. The lowest BCUT2D eigenvalue weighted by Gasteiger charge is -2.28. The number of aromatic nitrogens is 1. The van der Waals surface area contributed by atoms with E-state index in [2.05, 4.69) is 204 Å². The molecule has 0 spiro atoms. The Morgan fingerprint density at radius 3 is 1.91 bits per heavy atom. The lowest BCUT2D eigenvalue weighted by molar-refractivity contribution is 0.669. The van der Waals surface area contributed by atoms with Crippen LogP contribution in [0.1, 0.15) is 0 Å². The van der Waals surface area contributed by atoms with Gasteiger partial charge in [-0.05, 0) is 111 Å². The van der Waals surface area contributed by atoms with E-state index in [-0.39, 0.29) is 0 Å². The SMILES string of the molecule is c1ccc(-n2c3ccccc3c3cc(N(c4cccc(-c5ccc6oc7ccccc7c6c5)c4)c4cccc5c4ccc4c6ccccc6ccc54)ccc32)cc1. The third-order valence-corrected chi connectivity index (χ3v) is 11.7. The van der Waals surface area contributed by atoms with Gasteiger partial charge in [-0.1, -0.05) is 133 Å². The Bertz CT molecular complexity index is 3540. The van der Waals surface area contributed by atoms with Crippen LogP contribution in [0.4, 0.5) is 17.1 Å². The summed E-state index contributed by atoms with van der Waals surface area (Å²) in [5, 5.41) is 12.2. The van der Waals surface area contributed by atoms with Gasteiger partial charge < -0.3 is 13.9 Å². The molecule has 0 atom stereocenters. The molecule has 0 amide bonds. The molecule has 3 heteroatoms. The number of nitrogens with zero attached hydrogens (tertiary/aromatic N) is 2. The second-order valence-electron chi connectivity index (χ2n) is 14.9. The number of furan rings is 1. The van der Waals surface area contributed by atoms with Crippen LogP contribution in [0.2, 0.25) is 0 Å². The lowest BCUT2D eigenvalue weighted by atomic mass is 9.95. The topological polar surface area (TPSA) is 21.3 Å². The van der Waals surface area contributed by atoms with E-state index < -0.39 is 0 Å².